The molecule has 3 aromatic rings. The largest absolute Gasteiger partial charge is 0.486 e. The molecule has 0 saturated heterocycles. The Morgan fingerprint density at radius 2 is 1.95 bits per heavy atom. The van der Waals surface area contributed by atoms with Gasteiger partial charge in [0, 0.05) is 22.0 Å². The SMILES string of the molecule is NCc1c(COc2cccc(Br)c2)oc2ccccc12. The minimum absolute atomic E-state index is 0.373. The zero-order chi connectivity index (χ0) is 13.9. The summed E-state index contributed by atoms with van der Waals surface area (Å²) < 4.78 is 12.6. The van der Waals surface area contributed by atoms with Crippen molar-refractivity contribution < 1.29 is 9.15 Å². The number of para-hydroxylation sites is 1. The van der Waals surface area contributed by atoms with Crippen LogP contribution in [-0.2, 0) is 13.2 Å². The number of rotatable bonds is 4. The predicted octanol–water partition coefficient (Wildman–Crippen LogP) is 4.23. The summed E-state index contributed by atoms with van der Waals surface area (Å²) in [6, 6.07) is 15.6. The van der Waals surface area contributed by atoms with Gasteiger partial charge in [0.05, 0.1) is 0 Å². The molecular formula is C16H14BrNO2. The molecular weight excluding hydrogens is 318 g/mol. The van der Waals surface area contributed by atoms with E-state index in [1.165, 1.54) is 0 Å². The molecule has 0 aliphatic carbocycles. The van der Waals surface area contributed by atoms with Crippen molar-refractivity contribution in [3.05, 3.63) is 64.3 Å². The van der Waals surface area contributed by atoms with E-state index in [0.29, 0.717) is 13.2 Å². The molecule has 0 saturated carbocycles. The van der Waals surface area contributed by atoms with Crippen LogP contribution < -0.4 is 10.5 Å². The van der Waals surface area contributed by atoms with Crippen LogP contribution >= 0.6 is 15.9 Å². The molecule has 3 rings (SSSR count). The fourth-order valence-electron chi connectivity index (χ4n) is 2.20. The molecule has 1 aromatic heterocycles. The molecule has 0 bridgehead atoms. The Hall–Kier alpha value is -1.78. The molecule has 0 fully saturated rings. The first-order chi connectivity index (χ1) is 9.78. The first-order valence-corrected chi connectivity index (χ1v) is 7.15. The van der Waals surface area contributed by atoms with Gasteiger partial charge in [-0.3, -0.25) is 0 Å². The second kappa shape index (κ2) is 5.69. The van der Waals surface area contributed by atoms with Gasteiger partial charge >= 0.3 is 0 Å². The number of halogens is 1. The van der Waals surface area contributed by atoms with E-state index in [-0.39, 0.29) is 0 Å². The molecule has 0 unspecified atom stereocenters. The van der Waals surface area contributed by atoms with E-state index >= 15 is 0 Å². The second-order valence-electron chi connectivity index (χ2n) is 4.45. The molecule has 2 aromatic carbocycles. The summed E-state index contributed by atoms with van der Waals surface area (Å²) in [6.45, 7) is 0.811. The van der Waals surface area contributed by atoms with Gasteiger partial charge in [-0.15, -0.1) is 0 Å². The van der Waals surface area contributed by atoms with E-state index in [1.807, 2.05) is 48.5 Å². The lowest BCUT2D eigenvalue weighted by molar-refractivity contribution is 0.272. The second-order valence-corrected chi connectivity index (χ2v) is 5.37. The average Bonchev–Trinajstić information content (AvgIpc) is 2.82. The third-order valence-electron chi connectivity index (χ3n) is 3.15. The maximum atomic E-state index is 5.83. The molecule has 0 aliphatic heterocycles. The first-order valence-electron chi connectivity index (χ1n) is 6.35. The lowest BCUT2D eigenvalue weighted by atomic mass is 10.1. The Labute approximate surface area is 125 Å². The number of furan rings is 1. The Morgan fingerprint density at radius 1 is 1.10 bits per heavy atom. The molecule has 0 amide bonds. The predicted molar refractivity (Wildman–Crippen MR) is 82.6 cm³/mol. The summed E-state index contributed by atoms with van der Waals surface area (Å²) in [7, 11) is 0. The quantitative estimate of drug-likeness (QED) is 0.778. The highest BCUT2D eigenvalue weighted by molar-refractivity contribution is 9.10. The molecule has 20 heavy (non-hydrogen) atoms. The van der Waals surface area contributed by atoms with Crippen molar-refractivity contribution in [1.29, 1.82) is 0 Å². The van der Waals surface area contributed by atoms with Crippen molar-refractivity contribution in [1.82, 2.24) is 0 Å². The zero-order valence-corrected chi connectivity index (χ0v) is 12.4. The summed E-state index contributed by atoms with van der Waals surface area (Å²) in [6.07, 6.45) is 0. The van der Waals surface area contributed by atoms with Gasteiger partial charge in [0.1, 0.15) is 23.7 Å². The Morgan fingerprint density at radius 3 is 2.75 bits per heavy atom. The smallest absolute Gasteiger partial charge is 0.147 e. The fourth-order valence-corrected chi connectivity index (χ4v) is 2.57. The summed E-state index contributed by atoms with van der Waals surface area (Å²) in [4.78, 5) is 0. The number of fused-ring (bicyclic) bond motifs is 1. The molecule has 102 valence electrons. The molecule has 0 atom stereocenters. The summed E-state index contributed by atoms with van der Waals surface area (Å²) in [5, 5.41) is 1.06. The van der Waals surface area contributed by atoms with Crippen LogP contribution in [0.4, 0.5) is 0 Å². The van der Waals surface area contributed by atoms with E-state index in [0.717, 1.165) is 32.5 Å². The van der Waals surface area contributed by atoms with Gasteiger partial charge in [0.2, 0.25) is 0 Å². The number of ether oxygens (including phenoxy) is 1. The van der Waals surface area contributed by atoms with Crippen LogP contribution in [0.15, 0.2) is 57.4 Å². The number of hydrogen-bond donors (Lipinski definition) is 1. The van der Waals surface area contributed by atoms with Crippen molar-refractivity contribution in [2.75, 3.05) is 0 Å². The molecule has 0 spiro atoms. The average molecular weight is 332 g/mol. The molecule has 0 radical (unpaired) electrons. The summed E-state index contributed by atoms with van der Waals surface area (Å²) in [5.41, 5.74) is 7.69. The lowest BCUT2D eigenvalue weighted by Gasteiger charge is -2.05. The first kappa shape index (κ1) is 13.2. The van der Waals surface area contributed by atoms with Crippen LogP contribution in [0.3, 0.4) is 0 Å². The van der Waals surface area contributed by atoms with Crippen molar-refractivity contribution in [2.24, 2.45) is 5.73 Å². The molecule has 0 aliphatic rings. The van der Waals surface area contributed by atoms with Gasteiger partial charge in [-0.25, -0.2) is 0 Å². The van der Waals surface area contributed by atoms with Gasteiger partial charge in [-0.1, -0.05) is 40.2 Å². The lowest BCUT2D eigenvalue weighted by Crippen LogP contribution is -2.02. The maximum Gasteiger partial charge on any atom is 0.147 e. The standard InChI is InChI=1S/C16H14BrNO2/c17-11-4-3-5-12(8-11)19-10-16-14(9-18)13-6-1-2-7-15(13)20-16/h1-8H,9-10,18H2. The Balaban J connectivity index is 1.87. The third-order valence-corrected chi connectivity index (χ3v) is 3.65. The minimum Gasteiger partial charge on any atom is -0.486 e. The zero-order valence-electron chi connectivity index (χ0n) is 10.8. The van der Waals surface area contributed by atoms with Crippen molar-refractivity contribution >= 4 is 26.9 Å². The van der Waals surface area contributed by atoms with E-state index in [2.05, 4.69) is 15.9 Å². The van der Waals surface area contributed by atoms with Crippen molar-refractivity contribution in [3.8, 4) is 5.75 Å². The number of hydrogen-bond acceptors (Lipinski definition) is 3. The van der Waals surface area contributed by atoms with Gasteiger partial charge in [-0.2, -0.15) is 0 Å². The van der Waals surface area contributed by atoms with Crippen LogP contribution in [-0.4, -0.2) is 0 Å². The van der Waals surface area contributed by atoms with E-state index < -0.39 is 0 Å². The van der Waals surface area contributed by atoms with Crippen LogP contribution in [0.2, 0.25) is 0 Å². The maximum absolute atomic E-state index is 5.83. The monoisotopic (exact) mass is 331 g/mol. The topological polar surface area (TPSA) is 48.4 Å². The summed E-state index contributed by atoms with van der Waals surface area (Å²) in [5.74, 6) is 1.58. The molecule has 4 heteroatoms. The summed E-state index contributed by atoms with van der Waals surface area (Å²) >= 11 is 3.42. The fraction of sp³-hybridized carbons (Fsp3) is 0.125. The van der Waals surface area contributed by atoms with Gasteiger partial charge < -0.3 is 14.9 Å². The molecule has 1 heterocycles. The highest BCUT2D eigenvalue weighted by Gasteiger charge is 2.12. The van der Waals surface area contributed by atoms with Crippen molar-refractivity contribution in [2.45, 2.75) is 13.2 Å². The highest BCUT2D eigenvalue weighted by Crippen LogP contribution is 2.27. The van der Waals surface area contributed by atoms with E-state index in [1.54, 1.807) is 0 Å². The van der Waals surface area contributed by atoms with Crippen LogP contribution in [0, 0.1) is 0 Å². The minimum atomic E-state index is 0.373. The van der Waals surface area contributed by atoms with Crippen LogP contribution in [0.5, 0.6) is 5.75 Å². The number of benzene rings is 2. The normalized spacial score (nSPS) is 10.9. The number of nitrogens with two attached hydrogens (primary N) is 1. The Kier molecular flexibility index (Phi) is 3.76. The Bertz CT molecular complexity index is 736. The van der Waals surface area contributed by atoms with Crippen molar-refractivity contribution in [3.63, 3.8) is 0 Å². The molecule has 3 nitrogen and oxygen atoms in total. The molecule has 2 N–H and O–H groups in total. The van der Waals surface area contributed by atoms with Gasteiger partial charge in [0.15, 0.2) is 0 Å². The van der Waals surface area contributed by atoms with Gasteiger partial charge in [0.25, 0.3) is 0 Å². The van der Waals surface area contributed by atoms with Gasteiger partial charge in [-0.05, 0) is 24.3 Å². The highest BCUT2D eigenvalue weighted by atomic mass is 79.9. The van der Waals surface area contributed by atoms with Crippen LogP contribution in [0.1, 0.15) is 11.3 Å². The third kappa shape index (κ3) is 2.57. The van der Waals surface area contributed by atoms with Crippen LogP contribution in [0.25, 0.3) is 11.0 Å². The van der Waals surface area contributed by atoms with E-state index in [9.17, 15) is 0 Å². The van der Waals surface area contributed by atoms with E-state index in [4.69, 9.17) is 14.9 Å².